The summed E-state index contributed by atoms with van der Waals surface area (Å²) < 4.78 is 0. The van der Waals surface area contributed by atoms with Crippen LogP contribution in [0.4, 0.5) is 0 Å². The minimum absolute atomic E-state index is 0.340. The van der Waals surface area contributed by atoms with E-state index in [1.807, 2.05) is 0 Å². The van der Waals surface area contributed by atoms with Crippen LogP contribution >= 0.6 is 0 Å². The van der Waals surface area contributed by atoms with Gasteiger partial charge in [-0.15, -0.1) is 0 Å². The Morgan fingerprint density at radius 1 is 0.926 bits per heavy atom. The molecule has 27 heavy (non-hydrogen) atoms. The summed E-state index contributed by atoms with van der Waals surface area (Å²) in [6.07, 6.45) is 0.0250. The van der Waals surface area contributed by atoms with Crippen molar-refractivity contribution in [3.8, 4) is 0 Å². The fourth-order valence-electron chi connectivity index (χ4n) is 2.03. The molecule has 11 nitrogen and oxygen atoms in total. The van der Waals surface area contributed by atoms with Crippen LogP contribution in [0.15, 0.2) is 0 Å². The lowest BCUT2D eigenvalue weighted by molar-refractivity contribution is -0.142. The normalized spacial score (nSPS) is 16.2. The molecular formula is C16H29N5O6. The van der Waals surface area contributed by atoms with Crippen LogP contribution in [0.3, 0.4) is 0 Å². The van der Waals surface area contributed by atoms with Crippen LogP contribution in [0.1, 0.15) is 40.5 Å². The summed E-state index contributed by atoms with van der Waals surface area (Å²) in [6.45, 7) is 6.17. The van der Waals surface area contributed by atoms with E-state index in [1.165, 1.54) is 13.8 Å². The molecule has 0 rings (SSSR count). The Labute approximate surface area is 157 Å². The molecule has 0 heterocycles. The van der Waals surface area contributed by atoms with E-state index in [9.17, 15) is 24.0 Å². The van der Waals surface area contributed by atoms with E-state index in [-0.39, 0.29) is 5.92 Å². The highest BCUT2D eigenvalue weighted by atomic mass is 16.4. The number of carboxylic acids is 1. The predicted octanol–water partition coefficient (Wildman–Crippen LogP) is -2.19. The Hall–Kier alpha value is -2.69. The molecule has 0 saturated carbocycles. The molecule has 0 radical (unpaired) electrons. The van der Waals surface area contributed by atoms with Crippen LogP contribution in [0.25, 0.3) is 0 Å². The first-order valence-corrected chi connectivity index (χ1v) is 8.58. The molecule has 4 amide bonds. The van der Waals surface area contributed by atoms with Gasteiger partial charge in [-0.05, 0) is 19.8 Å². The van der Waals surface area contributed by atoms with Gasteiger partial charge in [0, 0.05) is 0 Å². The number of nitrogens with two attached hydrogens (primary N) is 2. The molecule has 154 valence electrons. The summed E-state index contributed by atoms with van der Waals surface area (Å²) in [7, 11) is 0. The molecule has 0 aliphatic heterocycles. The molecule has 8 N–H and O–H groups in total. The predicted molar refractivity (Wildman–Crippen MR) is 96.0 cm³/mol. The van der Waals surface area contributed by atoms with E-state index in [4.69, 9.17) is 16.6 Å². The number of primary amides is 1. The van der Waals surface area contributed by atoms with E-state index in [1.54, 1.807) is 13.8 Å². The Balaban J connectivity index is 5.36. The fraction of sp³-hybridized carbons (Fsp3) is 0.688. The number of carbonyl (C=O) groups is 5. The maximum absolute atomic E-state index is 12.5. The SMILES string of the molecule is CCC(C)C(NC(=O)C(CC(N)=O)NC(=O)C(C)N)C(=O)NC(C)C(=O)O. The maximum Gasteiger partial charge on any atom is 0.325 e. The summed E-state index contributed by atoms with van der Waals surface area (Å²) in [6, 6.07) is -4.44. The van der Waals surface area contributed by atoms with Crippen molar-refractivity contribution < 1.29 is 29.1 Å². The summed E-state index contributed by atoms with van der Waals surface area (Å²) in [4.78, 5) is 58.8. The molecular weight excluding hydrogens is 358 g/mol. The average Bonchev–Trinajstić information content (AvgIpc) is 2.57. The Kier molecular flexibility index (Phi) is 10.0. The van der Waals surface area contributed by atoms with Crippen LogP contribution < -0.4 is 27.4 Å². The van der Waals surface area contributed by atoms with Gasteiger partial charge in [0.2, 0.25) is 23.6 Å². The van der Waals surface area contributed by atoms with Gasteiger partial charge in [-0.3, -0.25) is 24.0 Å². The number of rotatable bonds is 11. The molecule has 0 aromatic carbocycles. The highest BCUT2D eigenvalue weighted by Crippen LogP contribution is 2.09. The van der Waals surface area contributed by atoms with E-state index < -0.39 is 60.2 Å². The molecule has 0 fully saturated rings. The molecule has 11 heteroatoms. The van der Waals surface area contributed by atoms with Crippen LogP contribution in [0.2, 0.25) is 0 Å². The lowest BCUT2D eigenvalue weighted by Gasteiger charge is -2.27. The minimum Gasteiger partial charge on any atom is -0.480 e. The summed E-state index contributed by atoms with van der Waals surface area (Å²) >= 11 is 0. The molecule has 0 aromatic heterocycles. The summed E-state index contributed by atoms with van der Waals surface area (Å²) in [5.41, 5.74) is 10.6. The van der Waals surface area contributed by atoms with Crippen molar-refractivity contribution >= 4 is 29.6 Å². The van der Waals surface area contributed by atoms with Gasteiger partial charge in [-0.2, -0.15) is 0 Å². The molecule has 5 unspecified atom stereocenters. The minimum atomic E-state index is -1.31. The van der Waals surface area contributed by atoms with Gasteiger partial charge < -0.3 is 32.5 Å². The molecule has 0 aliphatic rings. The molecule has 0 bridgehead atoms. The van der Waals surface area contributed by atoms with Crippen molar-refractivity contribution in [3.63, 3.8) is 0 Å². The topological polar surface area (TPSA) is 194 Å². The third-order valence-electron chi connectivity index (χ3n) is 3.97. The van der Waals surface area contributed by atoms with Gasteiger partial charge in [-0.1, -0.05) is 20.3 Å². The zero-order valence-electron chi connectivity index (χ0n) is 15.9. The standard InChI is InChI=1S/C16H29N5O6/c1-5-7(2)12(15(25)19-9(4)16(26)27)21-14(24)10(6-11(18)22)20-13(23)8(3)17/h7-10,12H,5-6,17H2,1-4H3,(H2,18,22)(H,19,25)(H,20,23)(H,21,24)(H,26,27). The summed E-state index contributed by atoms with van der Waals surface area (Å²) in [5, 5.41) is 16.0. The average molecular weight is 387 g/mol. The van der Waals surface area contributed by atoms with Gasteiger partial charge in [0.15, 0.2) is 0 Å². The van der Waals surface area contributed by atoms with Gasteiger partial charge in [0.05, 0.1) is 12.5 Å². The highest BCUT2D eigenvalue weighted by molar-refractivity contribution is 5.96. The Bertz CT molecular complexity index is 580. The van der Waals surface area contributed by atoms with Gasteiger partial charge in [0.25, 0.3) is 0 Å². The molecule has 0 spiro atoms. The number of carboxylic acid groups (broad SMARTS) is 1. The van der Waals surface area contributed by atoms with Crippen molar-refractivity contribution in [2.24, 2.45) is 17.4 Å². The van der Waals surface area contributed by atoms with Gasteiger partial charge in [0.1, 0.15) is 18.1 Å². The number of amides is 4. The molecule has 0 saturated heterocycles. The van der Waals surface area contributed by atoms with Crippen LogP contribution in [-0.4, -0.2) is 58.9 Å². The van der Waals surface area contributed by atoms with E-state index in [2.05, 4.69) is 16.0 Å². The first-order valence-electron chi connectivity index (χ1n) is 8.58. The Morgan fingerprint density at radius 3 is 1.89 bits per heavy atom. The zero-order chi connectivity index (χ0) is 21.3. The molecule has 0 aliphatic carbocycles. The largest absolute Gasteiger partial charge is 0.480 e. The lowest BCUT2D eigenvalue weighted by atomic mass is 9.97. The van der Waals surface area contributed by atoms with Crippen molar-refractivity contribution in [2.75, 3.05) is 0 Å². The van der Waals surface area contributed by atoms with Crippen molar-refractivity contribution in [3.05, 3.63) is 0 Å². The van der Waals surface area contributed by atoms with Crippen LogP contribution in [-0.2, 0) is 24.0 Å². The second kappa shape index (κ2) is 11.1. The quantitative estimate of drug-likeness (QED) is 0.232. The monoisotopic (exact) mass is 387 g/mol. The first-order chi connectivity index (χ1) is 12.4. The number of hydrogen-bond donors (Lipinski definition) is 6. The number of aliphatic carboxylic acids is 1. The van der Waals surface area contributed by atoms with Crippen LogP contribution in [0.5, 0.6) is 0 Å². The second-order valence-corrected chi connectivity index (χ2v) is 6.46. The number of hydrogen-bond acceptors (Lipinski definition) is 6. The van der Waals surface area contributed by atoms with Crippen molar-refractivity contribution in [1.82, 2.24) is 16.0 Å². The lowest BCUT2D eigenvalue weighted by Crippen LogP contribution is -2.58. The smallest absolute Gasteiger partial charge is 0.325 e. The van der Waals surface area contributed by atoms with E-state index >= 15 is 0 Å². The fourth-order valence-corrected chi connectivity index (χ4v) is 2.03. The Morgan fingerprint density at radius 2 is 1.48 bits per heavy atom. The highest BCUT2D eigenvalue weighted by Gasteiger charge is 2.32. The van der Waals surface area contributed by atoms with Gasteiger partial charge in [-0.25, -0.2) is 0 Å². The second-order valence-electron chi connectivity index (χ2n) is 6.46. The number of nitrogens with one attached hydrogen (secondary N) is 3. The van der Waals surface area contributed by atoms with Crippen molar-refractivity contribution in [2.45, 2.75) is 64.7 Å². The maximum atomic E-state index is 12.5. The van der Waals surface area contributed by atoms with Crippen molar-refractivity contribution in [1.29, 1.82) is 0 Å². The van der Waals surface area contributed by atoms with E-state index in [0.29, 0.717) is 6.42 Å². The third kappa shape index (κ3) is 8.49. The van der Waals surface area contributed by atoms with E-state index in [0.717, 1.165) is 0 Å². The van der Waals surface area contributed by atoms with Gasteiger partial charge >= 0.3 is 5.97 Å². The first kappa shape index (κ1) is 24.3. The molecule has 0 aromatic rings. The van der Waals surface area contributed by atoms with Crippen LogP contribution in [0, 0.1) is 5.92 Å². The third-order valence-corrected chi connectivity index (χ3v) is 3.97. The zero-order valence-corrected chi connectivity index (χ0v) is 15.9. The summed E-state index contributed by atoms with van der Waals surface area (Å²) in [5.74, 6) is -4.55. The number of carbonyl (C=O) groups excluding carboxylic acids is 4. The molecule has 5 atom stereocenters.